The highest BCUT2D eigenvalue weighted by Gasteiger charge is 1.70. The molecular weight excluding hydrogens is 193 g/mol. The van der Waals surface area contributed by atoms with Gasteiger partial charge < -0.3 is 26.2 Å². The number of carboxylic acid groups (broad SMARTS) is 4. The molecule has 0 aromatic rings. The van der Waals surface area contributed by atoms with Gasteiger partial charge in [-0.1, -0.05) is 0 Å². The summed E-state index contributed by atoms with van der Waals surface area (Å²) in [6, 6.07) is 0. The van der Waals surface area contributed by atoms with Crippen molar-refractivity contribution in [3.8, 4) is 0 Å². The van der Waals surface area contributed by atoms with Crippen molar-refractivity contribution >= 4 is 23.9 Å². The van der Waals surface area contributed by atoms with Crippen LogP contribution in [0.25, 0.3) is 0 Å². The first-order chi connectivity index (χ1) is 5.38. The van der Waals surface area contributed by atoms with Crippen LogP contribution in [0.15, 0.2) is 0 Å². The normalized spacial score (nSPS) is 6.50. The maximum Gasteiger partial charge on any atom is 0.503 e. The van der Waals surface area contributed by atoms with Gasteiger partial charge in [-0.2, -0.15) is 0 Å². The molecule has 0 bridgehead atoms. The van der Waals surface area contributed by atoms with Crippen LogP contribution in [0, 0.1) is 0 Å². The Bertz CT molecular complexity index is 96.1. The molecule has 0 saturated carbocycles. The Morgan fingerprint density at radius 3 is 1.17 bits per heavy atom. The zero-order valence-corrected chi connectivity index (χ0v) is 6.73. The highest BCUT2D eigenvalue weighted by atomic mass is 35.5. The molecule has 0 spiro atoms. The number of alkyl halides is 1. The second-order valence-electron chi connectivity index (χ2n) is 1.04. The summed E-state index contributed by atoms with van der Waals surface area (Å²) < 4.78 is 0. The number of nitrogens with two attached hydrogens (primary N) is 1. The summed E-state index contributed by atoms with van der Waals surface area (Å²) in [5.41, 5.74) is 4.90. The fourth-order valence-corrected chi connectivity index (χ4v) is 0. The van der Waals surface area contributed by atoms with Crippen LogP contribution in [0.1, 0.15) is 0 Å². The average Bonchev–Trinajstić information content (AvgIpc) is 1.85. The molecule has 6 N–H and O–H groups in total. The zero-order chi connectivity index (χ0) is 10.6. The van der Waals surface area contributed by atoms with Crippen molar-refractivity contribution in [2.45, 2.75) is 0 Å². The second-order valence-corrected chi connectivity index (χ2v) is 1.42. The van der Waals surface area contributed by atoms with E-state index in [0.29, 0.717) is 12.4 Å². The van der Waals surface area contributed by atoms with Gasteiger partial charge in [0.25, 0.3) is 0 Å². The lowest BCUT2D eigenvalue weighted by Crippen LogP contribution is -1.97. The van der Waals surface area contributed by atoms with Crippen molar-refractivity contribution in [3.63, 3.8) is 0 Å². The smallest absolute Gasteiger partial charge is 0.450 e. The lowest BCUT2D eigenvalue weighted by Gasteiger charge is -1.68. The number of carbonyl (C=O) groups is 2. The molecule has 0 unspecified atom stereocenters. The summed E-state index contributed by atoms with van der Waals surface area (Å²) in [7, 11) is 0. The fourth-order valence-electron chi connectivity index (χ4n) is 0. The molecule has 7 nitrogen and oxygen atoms in total. The first kappa shape index (κ1) is 17.0. The predicted octanol–water partition coefficient (Wildman–Crippen LogP) is 0.629. The largest absolute Gasteiger partial charge is 0.503 e. The van der Waals surface area contributed by atoms with Gasteiger partial charge in [-0.05, 0) is 0 Å². The number of hydrogen-bond acceptors (Lipinski definition) is 3. The van der Waals surface area contributed by atoms with Crippen LogP contribution >= 0.6 is 11.6 Å². The Labute approximate surface area is 73.0 Å². The summed E-state index contributed by atoms with van der Waals surface area (Å²) in [6.45, 7) is 0.585. The van der Waals surface area contributed by atoms with Gasteiger partial charge in [-0.25, -0.2) is 9.59 Å². The van der Waals surface area contributed by atoms with Crippen molar-refractivity contribution in [2.24, 2.45) is 5.73 Å². The van der Waals surface area contributed by atoms with E-state index in [9.17, 15) is 0 Å². The van der Waals surface area contributed by atoms with E-state index in [1.165, 1.54) is 0 Å². The molecule has 0 saturated heterocycles. The summed E-state index contributed by atoms with van der Waals surface area (Å²) in [6.07, 6.45) is -3.67. The molecule has 0 aromatic heterocycles. The number of halogens is 1. The van der Waals surface area contributed by atoms with Crippen molar-refractivity contribution in [3.05, 3.63) is 0 Å². The Kier molecular flexibility index (Phi) is 23.3. The Morgan fingerprint density at radius 1 is 1.08 bits per heavy atom. The minimum atomic E-state index is -1.83. The SMILES string of the molecule is NCCCl.O=C(O)O.O=C(O)O. The standard InChI is InChI=1S/C2H6ClN.2CH2O3/c3-1-2-4;2*2-1(3)4/h1-2,4H2;2*(H2,2,3,4). The van der Waals surface area contributed by atoms with E-state index in [0.717, 1.165) is 0 Å². The third-order valence-corrected chi connectivity index (χ3v) is 0.327. The molecule has 8 heteroatoms. The third-order valence-electron chi connectivity index (χ3n) is 0.109. The number of rotatable bonds is 1. The Hall–Kier alpha value is -1.21. The van der Waals surface area contributed by atoms with Gasteiger partial charge in [0.15, 0.2) is 0 Å². The van der Waals surface area contributed by atoms with E-state index in [1.54, 1.807) is 0 Å². The molecule has 0 aromatic carbocycles. The first-order valence-corrected chi connectivity index (χ1v) is 3.01. The summed E-state index contributed by atoms with van der Waals surface area (Å²) in [4.78, 5) is 17.1. The topological polar surface area (TPSA) is 141 Å². The van der Waals surface area contributed by atoms with Crippen molar-refractivity contribution in [2.75, 3.05) is 12.4 Å². The lowest BCUT2D eigenvalue weighted by atomic mass is 10.8. The molecule has 0 fully saturated rings. The van der Waals surface area contributed by atoms with E-state index in [-0.39, 0.29) is 0 Å². The fraction of sp³-hybridized carbons (Fsp3) is 0.500. The predicted molar refractivity (Wildman–Crippen MR) is 41.1 cm³/mol. The van der Waals surface area contributed by atoms with Crippen molar-refractivity contribution in [1.29, 1.82) is 0 Å². The van der Waals surface area contributed by atoms with Crippen LogP contribution in [-0.4, -0.2) is 45.2 Å². The van der Waals surface area contributed by atoms with Crippen molar-refractivity contribution in [1.82, 2.24) is 0 Å². The Morgan fingerprint density at radius 2 is 1.17 bits per heavy atom. The Balaban J connectivity index is -0.000000101. The molecule has 0 amide bonds. The minimum Gasteiger partial charge on any atom is -0.450 e. The van der Waals surface area contributed by atoms with E-state index >= 15 is 0 Å². The third kappa shape index (κ3) is 12100. The van der Waals surface area contributed by atoms with Gasteiger partial charge in [0.2, 0.25) is 0 Å². The van der Waals surface area contributed by atoms with Gasteiger partial charge in [0, 0.05) is 12.4 Å². The summed E-state index contributed by atoms with van der Waals surface area (Å²) in [5, 5.41) is 27.9. The lowest BCUT2D eigenvalue weighted by molar-refractivity contribution is 0.135. The highest BCUT2D eigenvalue weighted by Crippen LogP contribution is 1.60. The molecule has 0 aliphatic heterocycles. The number of hydrogen-bond donors (Lipinski definition) is 5. The minimum absolute atomic E-state index is 0.569. The molecular formula is C4H10ClNO6. The zero-order valence-electron chi connectivity index (χ0n) is 5.97. The average molecular weight is 204 g/mol. The highest BCUT2D eigenvalue weighted by molar-refractivity contribution is 6.18. The van der Waals surface area contributed by atoms with Gasteiger partial charge >= 0.3 is 12.3 Å². The molecule has 74 valence electrons. The van der Waals surface area contributed by atoms with Crippen LogP contribution in [0.3, 0.4) is 0 Å². The van der Waals surface area contributed by atoms with E-state index in [4.69, 9.17) is 47.3 Å². The molecule has 0 aliphatic carbocycles. The van der Waals surface area contributed by atoms with Gasteiger partial charge in [-0.15, -0.1) is 11.6 Å². The van der Waals surface area contributed by atoms with Crippen LogP contribution < -0.4 is 5.73 Å². The van der Waals surface area contributed by atoms with Crippen molar-refractivity contribution < 1.29 is 30.0 Å². The van der Waals surface area contributed by atoms with Crippen LogP contribution in [0.2, 0.25) is 0 Å². The van der Waals surface area contributed by atoms with E-state index in [1.807, 2.05) is 0 Å². The van der Waals surface area contributed by atoms with Crippen LogP contribution in [-0.2, 0) is 0 Å². The van der Waals surface area contributed by atoms with Crippen LogP contribution in [0.5, 0.6) is 0 Å². The molecule has 0 radical (unpaired) electrons. The summed E-state index contributed by atoms with van der Waals surface area (Å²) >= 11 is 5.06. The van der Waals surface area contributed by atoms with Gasteiger partial charge in [0.1, 0.15) is 0 Å². The van der Waals surface area contributed by atoms with E-state index in [2.05, 4.69) is 0 Å². The quantitative estimate of drug-likeness (QED) is 0.394. The second kappa shape index (κ2) is 16.4. The molecule has 0 atom stereocenters. The van der Waals surface area contributed by atoms with E-state index < -0.39 is 12.3 Å². The molecule has 0 rings (SSSR count). The monoisotopic (exact) mass is 203 g/mol. The molecule has 0 heterocycles. The molecule has 12 heavy (non-hydrogen) atoms. The van der Waals surface area contributed by atoms with Gasteiger partial charge in [0.05, 0.1) is 0 Å². The van der Waals surface area contributed by atoms with Crippen LogP contribution in [0.4, 0.5) is 9.59 Å². The maximum absolute atomic E-state index is 8.56. The summed E-state index contributed by atoms with van der Waals surface area (Å²) in [5.74, 6) is 0.569. The maximum atomic E-state index is 8.56. The first-order valence-electron chi connectivity index (χ1n) is 2.48. The molecule has 0 aliphatic rings. The van der Waals surface area contributed by atoms with Gasteiger partial charge in [-0.3, -0.25) is 0 Å².